The molecule has 0 aliphatic rings. The van der Waals surface area contributed by atoms with Gasteiger partial charge in [0, 0.05) is 6.20 Å². The van der Waals surface area contributed by atoms with Crippen LogP contribution in [-0.4, -0.2) is 23.0 Å². The number of halogens is 1. The summed E-state index contributed by atoms with van der Waals surface area (Å²) in [6, 6.07) is 16.0. The number of hydrogen-bond donors (Lipinski definition) is 0. The van der Waals surface area contributed by atoms with Gasteiger partial charge in [-0.2, -0.15) is 0 Å². The second-order valence-corrected chi connectivity index (χ2v) is 8.64. The van der Waals surface area contributed by atoms with Crippen LogP contribution >= 0.6 is 0 Å². The van der Waals surface area contributed by atoms with Crippen LogP contribution in [0.5, 0.6) is 0 Å². The number of sulfonamides is 1. The molecule has 0 radical (unpaired) electrons. The summed E-state index contributed by atoms with van der Waals surface area (Å²) in [7, 11) is -4.00. The van der Waals surface area contributed by atoms with Crippen LogP contribution in [0.2, 0.25) is 0 Å². The van der Waals surface area contributed by atoms with Gasteiger partial charge >= 0.3 is 0 Å². The molecule has 6 nitrogen and oxygen atoms in total. The van der Waals surface area contributed by atoms with Gasteiger partial charge in [-0.15, -0.1) is 10.2 Å². The first kappa shape index (κ1) is 19.8. The maximum absolute atomic E-state index is 13.9. The van der Waals surface area contributed by atoms with Crippen molar-refractivity contribution >= 4 is 27.4 Å². The molecule has 0 fully saturated rings. The molecule has 2 heterocycles. The summed E-state index contributed by atoms with van der Waals surface area (Å²) in [6.07, 6.45) is 3.19. The Kier molecular flexibility index (Phi) is 5.09. The predicted molar refractivity (Wildman–Crippen MR) is 114 cm³/mol. The summed E-state index contributed by atoms with van der Waals surface area (Å²) in [5, 5.41) is 7.95. The number of aryl methyl sites for hydroxylation is 1. The van der Waals surface area contributed by atoms with E-state index in [-0.39, 0.29) is 17.1 Å². The van der Waals surface area contributed by atoms with Crippen LogP contribution < -0.4 is 4.31 Å². The lowest BCUT2D eigenvalue weighted by molar-refractivity contribution is 0.589. The first-order chi connectivity index (χ1) is 14.4. The molecule has 0 aliphatic heterocycles. The highest BCUT2D eigenvalue weighted by Crippen LogP contribution is 2.27. The van der Waals surface area contributed by atoms with Gasteiger partial charge in [-0.25, -0.2) is 12.8 Å². The third-order valence-corrected chi connectivity index (χ3v) is 6.53. The zero-order valence-electron chi connectivity index (χ0n) is 16.2. The van der Waals surface area contributed by atoms with Gasteiger partial charge in [0.15, 0.2) is 5.65 Å². The topological polar surface area (TPSA) is 67.6 Å². The van der Waals surface area contributed by atoms with Crippen molar-refractivity contribution in [1.82, 2.24) is 14.6 Å². The minimum Gasteiger partial charge on any atom is -0.285 e. The highest BCUT2D eigenvalue weighted by atomic mass is 32.2. The summed E-state index contributed by atoms with van der Waals surface area (Å²) < 4.78 is 43.9. The van der Waals surface area contributed by atoms with Crippen molar-refractivity contribution in [1.29, 1.82) is 0 Å². The highest BCUT2D eigenvalue weighted by molar-refractivity contribution is 7.92. The molecular weight excluding hydrogens is 403 g/mol. The van der Waals surface area contributed by atoms with Crippen molar-refractivity contribution < 1.29 is 12.8 Å². The molecular formula is C22H19FN4O2S. The van der Waals surface area contributed by atoms with Gasteiger partial charge in [0.2, 0.25) is 0 Å². The monoisotopic (exact) mass is 422 g/mol. The quantitative estimate of drug-likeness (QED) is 0.467. The molecule has 4 rings (SSSR count). The van der Waals surface area contributed by atoms with Crippen LogP contribution in [-0.2, 0) is 16.6 Å². The van der Waals surface area contributed by atoms with Crippen molar-refractivity contribution in [2.75, 3.05) is 4.31 Å². The molecule has 0 unspecified atom stereocenters. The maximum atomic E-state index is 13.9. The van der Waals surface area contributed by atoms with E-state index in [4.69, 9.17) is 0 Å². The number of aromatic nitrogens is 3. The lowest BCUT2D eigenvalue weighted by atomic mass is 10.1. The van der Waals surface area contributed by atoms with Crippen LogP contribution in [0.15, 0.2) is 78.3 Å². The van der Waals surface area contributed by atoms with E-state index in [1.807, 2.05) is 24.3 Å². The van der Waals surface area contributed by atoms with Crippen LogP contribution in [0.4, 0.5) is 10.1 Å². The first-order valence-corrected chi connectivity index (χ1v) is 10.6. The second-order valence-electron chi connectivity index (χ2n) is 6.78. The van der Waals surface area contributed by atoms with Crippen LogP contribution in [0.25, 0.3) is 11.7 Å². The fraction of sp³-hybridized carbons (Fsp3) is 0.0909. The molecule has 0 amide bonds. The maximum Gasteiger partial charge on any atom is 0.266 e. The van der Waals surface area contributed by atoms with Gasteiger partial charge in [0.25, 0.3) is 10.0 Å². The third kappa shape index (κ3) is 3.69. The van der Waals surface area contributed by atoms with Crippen molar-refractivity contribution in [3.8, 4) is 0 Å². The molecule has 0 spiro atoms. The molecule has 8 heteroatoms. The molecule has 0 saturated carbocycles. The third-order valence-electron chi connectivity index (χ3n) is 4.77. The predicted octanol–water partition coefficient (Wildman–Crippen LogP) is 4.22. The summed E-state index contributed by atoms with van der Waals surface area (Å²) in [5.74, 6) is 0.0548. The van der Waals surface area contributed by atoms with Crippen molar-refractivity contribution in [3.63, 3.8) is 0 Å². The van der Waals surface area contributed by atoms with Gasteiger partial charge in [0.05, 0.1) is 12.2 Å². The van der Waals surface area contributed by atoms with Gasteiger partial charge in [-0.05, 0) is 48.4 Å². The average Bonchev–Trinajstić information content (AvgIpc) is 3.12. The molecule has 4 aromatic rings. The van der Waals surface area contributed by atoms with Crippen molar-refractivity contribution in [2.24, 2.45) is 0 Å². The smallest absolute Gasteiger partial charge is 0.266 e. The molecule has 0 atom stereocenters. The average molecular weight is 422 g/mol. The van der Waals surface area contributed by atoms with Crippen molar-refractivity contribution in [2.45, 2.75) is 18.4 Å². The van der Waals surface area contributed by atoms with E-state index in [9.17, 15) is 12.8 Å². The summed E-state index contributed by atoms with van der Waals surface area (Å²) in [4.78, 5) is 0.0601. The van der Waals surface area contributed by atoms with Crippen LogP contribution in [0.1, 0.15) is 17.0 Å². The summed E-state index contributed by atoms with van der Waals surface area (Å²) in [6.45, 7) is 5.51. The molecule has 2 aromatic carbocycles. The van der Waals surface area contributed by atoms with Crippen molar-refractivity contribution in [3.05, 3.63) is 96.2 Å². The number of hydrogen-bond acceptors (Lipinski definition) is 4. The Morgan fingerprint density at radius 1 is 1.10 bits per heavy atom. The minimum absolute atomic E-state index is 0.0441. The zero-order valence-corrected chi connectivity index (χ0v) is 17.1. The van der Waals surface area contributed by atoms with Crippen LogP contribution in [0.3, 0.4) is 0 Å². The standard InChI is InChI=1S/C22H19FN4O2S/c1-3-17-7-9-18(10-8-17)14-27(20-6-4-5-19(23)13-20)30(28,29)21-11-12-22-25-24-16(2)26(22)15-21/h3-13,15H,1,14H2,2H3. The van der Waals surface area contributed by atoms with Gasteiger partial charge in [0.1, 0.15) is 16.5 Å². The number of pyridine rings is 1. The Bertz CT molecular complexity index is 1330. The normalized spacial score (nSPS) is 11.5. The molecule has 0 bridgehead atoms. The molecule has 30 heavy (non-hydrogen) atoms. The number of fused-ring (bicyclic) bond motifs is 1. The van der Waals surface area contributed by atoms with E-state index in [2.05, 4.69) is 16.8 Å². The lowest BCUT2D eigenvalue weighted by Gasteiger charge is -2.25. The Morgan fingerprint density at radius 3 is 2.57 bits per heavy atom. The summed E-state index contributed by atoms with van der Waals surface area (Å²) >= 11 is 0. The zero-order chi connectivity index (χ0) is 21.3. The Morgan fingerprint density at radius 2 is 1.87 bits per heavy atom. The fourth-order valence-electron chi connectivity index (χ4n) is 3.14. The molecule has 152 valence electrons. The number of rotatable bonds is 6. The molecule has 0 aliphatic carbocycles. The molecule has 0 N–H and O–H groups in total. The van der Waals surface area contributed by atoms with Crippen LogP contribution in [0, 0.1) is 12.7 Å². The van der Waals surface area contributed by atoms with Gasteiger partial charge < -0.3 is 0 Å². The number of anilines is 1. The van der Waals surface area contributed by atoms with Gasteiger partial charge in [-0.3, -0.25) is 8.71 Å². The van der Waals surface area contributed by atoms with E-state index < -0.39 is 15.8 Å². The van der Waals surface area contributed by atoms with E-state index in [1.165, 1.54) is 34.8 Å². The second kappa shape index (κ2) is 7.72. The van der Waals surface area contributed by atoms with E-state index >= 15 is 0 Å². The van der Waals surface area contributed by atoms with E-state index in [0.717, 1.165) is 11.1 Å². The Labute approximate surface area is 174 Å². The Hall–Kier alpha value is -3.52. The molecule has 2 aromatic heterocycles. The first-order valence-electron chi connectivity index (χ1n) is 9.19. The molecule has 0 saturated heterocycles. The largest absolute Gasteiger partial charge is 0.285 e. The SMILES string of the molecule is C=Cc1ccc(CN(c2cccc(F)c2)S(=O)(=O)c2ccc3nnc(C)n3c2)cc1. The van der Waals surface area contributed by atoms with Gasteiger partial charge in [-0.1, -0.05) is 43.0 Å². The lowest BCUT2D eigenvalue weighted by Crippen LogP contribution is -2.31. The van der Waals surface area contributed by atoms with E-state index in [1.54, 1.807) is 29.5 Å². The Balaban J connectivity index is 1.81. The number of nitrogens with zero attached hydrogens (tertiary/aromatic N) is 4. The van der Waals surface area contributed by atoms with E-state index in [0.29, 0.717) is 11.5 Å². The minimum atomic E-state index is -4.00. The highest BCUT2D eigenvalue weighted by Gasteiger charge is 2.26. The number of benzene rings is 2. The fourth-order valence-corrected chi connectivity index (χ4v) is 4.58. The summed E-state index contributed by atoms with van der Waals surface area (Å²) in [5.41, 5.74) is 2.47.